The molecule has 3 rings (SSSR count). The molecule has 22 heavy (non-hydrogen) atoms. The van der Waals surface area contributed by atoms with Gasteiger partial charge in [0.15, 0.2) is 0 Å². The van der Waals surface area contributed by atoms with Crippen molar-refractivity contribution in [1.82, 2.24) is 10.3 Å². The summed E-state index contributed by atoms with van der Waals surface area (Å²) in [6.45, 7) is 6.02. The van der Waals surface area contributed by atoms with Crippen molar-refractivity contribution in [2.45, 2.75) is 26.2 Å². The lowest BCUT2D eigenvalue weighted by Crippen LogP contribution is -2.13. The van der Waals surface area contributed by atoms with Gasteiger partial charge in [-0.1, -0.05) is 32.4 Å². The van der Waals surface area contributed by atoms with E-state index in [-0.39, 0.29) is 10.4 Å². The summed E-state index contributed by atoms with van der Waals surface area (Å²) >= 11 is 5.90. The van der Waals surface area contributed by atoms with E-state index in [1.54, 1.807) is 24.3 Å². The summed E-state index contributed by atoms with van der Waals surface area (Å²) in [5.41, 5.74) is 1.78. The van der Waals surface area contributed by atoms with Crippen LogP contribution in [0.5, 0.6) is 11.5 Å². The topological polar surface area (TPSA) is 48.2 Å². The van der Waals surface area contributed by atoms with Gasteiger partial charge in [-0.2, -0.15) is 0 Å². The van der Waals surface area contributed by atoms with Crippen molar-refractivity contribution in [2.24, 2.45) is 0 Å². The SMILES string of the molecule is CC(C)(C)c1cc(Cl)c(F)cc1Oc1ccc2nonc2c1. The maximum atomic E-state index is 13.8. The number of ether oxygens (including phenoxy) is 1. The summed E-state index contributed by atoms with van der Waals surface area (Å²) in [6, 6.07) is 8.04. The first-order chi connectivity index (χ1) is 10.3. The van der Waals surface area contributed by atoms with Crippen molar-refractivity contribution in [2.75, 3.05) is 0 Å². The molecule has 0 amide bonds. The normalized spacial score (nSPS) is 11.9. The molecule has 6 heteroatoms. The van der Waals surface area contributed by atoms with E-state index < -0.39 is 5.82 Å². The summed E-state index contributed by atoms with van der Waals surface area (Å²) < 4.78 is 24.3. The van der Waals surface area contributed by atoms with Crippen molar-refractivity contribution in [1.29, 1.82) is 0 Å². The lowest BCUT2D eigenvalue weighted by Gasteiger charge is -2.23. The van der Waals surface area contributed by atoms with E-state index in [1.165, 1.54) is 6.07 Å². The first-order valence-electron chi connectivity index (χ1n) is 6.74. The molecule has 0 unspecified atom stereocenters. The van der Waals surface area contributed by atoms with E-state index in [1.807, 2.05) is 20.8 Å². The van der Waals surface area contributed by atoms with Gasteiger partial charge in [0.2, 0.25) is 0 Å². The molecular formula is C16H14ClFN2O2. The Morgan fingerprint density at radius 2 is 1.82 bits per heavy atom. The van der Waals surface area contributed by atoms with Crippen LogP contribution in [-0.2, 0) is 5.41 Å². The quantitative estimate of drug-likeness (QED) is 0.658. The molecule has 4 nitrogen and oxygen atoms in total. The number of benzene rings is 2. The van der Waals surface area contributed by atoms with Crippen molar-refractivity contribution >= 4 is 22.6 Å². The van der Waals surface area contributed by atoms with Gasteiger partial charge in [-0.3, -0.25) is 0 Å². The van der Waals surface area contributed by atoms with Gasteiger partial charge in [0.05, 0.1) is 5.02 Å². The van der Waals surface area contributed by atoms with E-state index in [2.05, 4.69) is 14.9 Å². The van der Waals surface area contributed by atoms with Crippen LogP contribution < -0.4 is 4.74 Å². The zero-order valence-corrected chi connectivity index (χ0v) is 13.1. The fourth-order valence-electron chi connectivity index (χ4n) is 2.15. The number of fused-ring (bicyclic) bond motifs is 1. The van der Waals surface area contributed by atoms with Crippen LogP contribution in [0.1, 0.15) is 26.3 Å². The standard InChI is InChI=1S/C16H14ClFN2O2/c1-16(2,3)10-7-11(17)12(18)8-15(10)21-9-4-5-13-14(6-9)20-22-19-13/h4-8H,1-3H3. The monoisotopic (exact) mass is 320 g/mol. The number of halogens is 2. The summed E-state index contributed by atoms with van der Waals surface area (Å²) in [5.74, 6) is 0.425. The minimum absolute atomic E-state index is 0.0772. The van der Waals surface area contributed by atoms with Crippen LogP contribution in [0, 0.1) is 5.82 Å². The predicted octanol–water partition coefficient (Wildman–Crippen LogP) is 5.11. The molecule has 0 fully saturated rings. The smallest absolute Gasteiger partial charge is 0.145 e. The van der Waals surface area contributed by atoms with E-state index in [0.717, 1.165) is 5.56 Å². The second-order valence-corrected chi connectivity index (χ2v) is 6.44. The molecule has 0 bridgehead atoms. The van der Waals surface area contributed by atoms with Crippen LogP contribution in [0.2, 0.25) is 5.02 Å². The van der Waals surface area contributed by atoms with Crippen molar-refractivity contribution < 1.29 is 13.8 Å². The van der Waals surface area contributed by atoms with Crippen LogP contribution in [-0.4, -0.2) is 10.3 Å². The number of hydrogen-bond donors (Lipinski definition) is 0. The molecule has 0 atom stereocenters. The number of nitrogens with zero attached hydrogens (tertiary/aromatic N) is 2. The summed E-state index contributed by atoms with van der Waals surface area (Å²) in [6.07, 6.45) is 0. The Kier molecular flexibility index (Phi) is 3.53. The Balaban J connectivity index is 2.05. The summed E-state index contributed by atoms with van der Waals surface area (Å²) in [5, 5.41) is 7.57. The van der Waals surface area contributed by atoms with Gasteiger partial charge in [-0.05, 0) is 33.9 Å². The molecule has 1 heterocycles. The highest BCUT2D eigenvalue weighted by Crippen LogP contribution is 2.37. The third-order valence-electron chi connectivity index (χ3n) is 3.28. The van der Waals surface area contributed by atoms with Gasteiger partial charge < -0.3 is 4.74 Å². The van der Waals surface area contributed by atoms with Crippen LogP contribution in [0.25, 0.3) is 11.0 Å². The van der Waals surface area contributed by atoms with Gasteiger partial charge >= 0.3 is 0 Å². The number of rotatable bonds is 2. The Morgan fingerprint density at radius 3 is 2.55 bits per heavy atom. The zero-order valence-electron chi connectivity index (χ0n) is 12.4. The van der Waals surface area contributed by atoms with Gasteiger partial charge in [0, 0.05) is 17.7 Å². The zero-order chi connectivity index (χ0) is 15.9. The molecule has 0 aliphatic heterocycles. The van der Waals surface area contributed by atoms with Crippen molar-refractivity contribution in [3.63, 3.8) is 0 Å². The fraction of sp³-hybridized carbons (Fsp3) is 0.250. The highest BCUT2D eigenvalue weighted by Gasteiger charge is 2.22. The molecular weight excluding hydrogens is 307 g/mol. The molecule has 0 radical (unpaired) electrons. The van der Waals surface area contributed by atoms with Crippen molar-refractivity contribution in [3.05, 3.63) is 46.7 Å². The lowest BCUT2D eigenvalue weighted by molar-refractivity contribution is 0.315. The second-order valence-electron chi connectivity index (χ2n) is 6.03. The Morgan fingerprint density at radius 1 is 1.09 bits per heavy atom. The first kappa shape index (κ1) is 14.8. The number of hydrogen-bond acceptors (Lipinski definition) is 4. The highest BCUT2D eigenvalue weighted by atomic mass is 35.5. The third kappa shape index (κ3) is 2.76. The molecule has 3 aromatic rings. The van der Waals surface area contributed by atoms with E-state index in [9.17, 15) is 4.39 Å². The van der Waals surface area contributed by atoms with E-state index in [0.29, 0.717) is 22.5 Å². The predicted molar refractivity (Wildman–Crippen MR) is 82.0 cm³/mol. The second kappa shape index (κ2) is 5.25. The maximum absolute atomic E-state index is 13.8. The minimum Gasteiger partial charge on any atom is -0.457 e. The van der Waals surface area contributed by atoms with Gasteiger partial charge in [-0.15, -0.1) is 0 Å². The van der Waals surface area contributed by atoms with Gasteiger partial charge in [-0.25, -0.2) is 9.02 Å². The summed E-state index contributed by atoms with van der Waals surface area (Å²) in [7, 11) is 0. The molecule has 0 spiro atoms. The molecule has 1 aromatic heterocycles. The van der Waals surface area contributed by atoms with Gasteiger partial charge in [0.25, 0.3) is 0 Å². The molecule has 2 aromatic carbocycles. The average Bonchev–Trinajstić information content (AvgIpc) is 2.89. The number of aromatic nitrogens is 2. The van der Waals surface area contributed by atoms with Crippen LogP contribution in [0.3, 0.4) is 0 Å². The van der Waals surface area contributed by atoms with Crippen LogP contribution in [0.15, 0.2) is 35.0 Å². The molecule has 0 N–H and O–H groups in total. The Bertz CT molecular complexity index is 840. The summed E-state index contributed by atoms with van der Waals surface area (Å²) in [4.78, 5) is 0. The largest absolute Gasteiger partial charge is 0.457 e. The van der Waals surface area contributed by atoms with E-state index >= 15 is 0 Å². The maximum Gasteiger partial charge on any atom is 0.145 e. The van der Waals surface area contributed by atoms with Crippen molar-refractivity contribution in [3.8, 4) is 11.5 Å². The Hall–Kier alpha value is -2.14. The lowest BCUT2D eigenvalue weighted by atomic mass is 9.86. The molecule has 0 aliphatic rings. The average molecular weight is 321 g/mol. The fourth-order valence-corrected chi connectivity index (χ4v) is 2.32. The molecule has 114 valence electrons. The Labute approximate surface area is 131 Å². The van der Waals surface area contributed by atoms with E-state index in [4.69, 9.17) is 16.3 Å². The minimum atomic E-state index is -0.520. The third-order valence-corrected chi connectivity index (χ3v) is 3.57. The molecule has 0 aliphatic carbocycles. The molecule has 0 saturated heterocycles. The highest BCUT2D eigenvalue weighted by molar-refractivity contribution is 6.30. The van der Waals surface area contributed by atoms with Gasteiger partial charge in [0.1, 0.15) is 28.3 Å². The molecule has 0 saturated carbocycles. The van der Waals surface area contributed by atoms with Crippen LogP contribution in [0.4, 0.5) is 4.39 Å². The first-order valence-corrected chi connectivity index (χ1v) is 7.12. The van der Waals surface area contributed by atoms with Crippen LogP contribution >= 0.6 is 11.6 Å².